The summed E-state index contributed by atoms with van der Waals surface area (Å²) in [6, 6.07) is 7.63. The number of ether oxygens (including phenoxy) is 1. The van der Waals surface area contributed by atoms with E-state index in [-0.39, 0.29) is 5.69 Å². The van der Waals surface area contributed by atoms with Crippen LogP contribution in [0.5, 0.6) is 5.75 Å². The van der Waals surface area contributed by atoms with Gasteiger partial charge in [-0.15, -0.1) is 10.2 Å². The average Bonchev–Trinajstić information content (AvgIpc) is 2.64. The predicted molar refractivity (Wildman–Crippen MR) is 105 cm³/mol. The van der Waals surface area contributed by atoms with Crippen LogP contribution in [0.1, 0.15) is 35.5 Å². The van der Waals surface area contributed by atoms with Crippen LogP contribution in [0.3, 0.4) is 0 Å². The molecule has 2 aromatic rings. The summed E-state index contributed by atoms with van der Waals surface area (Å²) in [4.78, 5) is 13.3. The largest absolute Gasteiger partial charge is 0.489 e. The van der Waals surface area contributed by atoms with Gasteiger partial charge in [-0.2, -0.15) is 0 Å². The fraction of sp³-hybridized carbons (Fsp3) is 0.316. The molecule has 2 rings (SSSR count). The number of hydrogen-bond donors (Lipinski definition) is 1. The smallest absolute Gasteiger partial charge is 0.356 e. The normalized spacial score (nSPS) is 10.4. The number of aryl methyl sites for hydroxylation is 1. The Balaban J connectivity index is 2.34. The molecule has 0 amide bonds. The first kappa shape index (κ1) is 19.9. The van der Waals surface area contributed by atoms with E-state index in [0.29, 0.717) is 37.5 Å². The lowest BCUT2D eigenvalue weighted by Crippen LogP contribution is -2.25. The first-order valence-electron chi connectivity index (χ1n) is 8.37. The SMILES string of the molecule is C=CCOc1ccc(Br)cc1CN(CC)c1cc(CC)c(C(=O)O)nn1. The van der Waals surface area contributed by atoms with E-state index in [0.717, 1.165) is 15.8 Å². The van der Waals surface area contributed by atoms with Gasteiger partial charge in [0.1, 0.15) is 12.4 Å². The summed E-state index contributed by atoms with van der Waals surface area (Å²) >= 11 is 3.49. The van der Waals surface area contributed by atoms with Gasteiger partial charge in [0, 0.05) is 23.1 Å². The lowest BCUT2D eigenvalue weighted by atomic mass is 10.1. The molecule has 138 valence electrons. The van der Waals surface area contributed by atoms with Crippen LogP contribution >= 0.6 is 15.9 Å². The van der Waals surface area contributed by atoms with Gasteiger partial charge in [-0.1, -0.05) is 35.5 Å². The van der Waals surface area contributed by atoms with Gasteiger partial charge in [-0.05, 0) is 43.2 Å². The number of halogens is 1. The van der Waals surface area contributed by atoms with Gasteiger partial charge < -0.3 is 14.7 Å². The molecule has 0 atom stereocenters. The van der Waals surface area contributed by atoms with E-state index in [1.165, 1.54) is 0 Å². The quantitative estimate of drug-likeness (QED) is 0.616. The lowest BCUT2D eigenvalue weighted by Gasteiger charge is -2.23. The van der Waals surface area contributed by atoms with E-state index in [1.807, 2.05) is 36.9 Å². The van der Waals surface area contributed by atoms with E-state index in [4.69, 9.17) is 4.74 Å². The molecule has 26 heavy (non-hydrogen) atoms. The Morgan fingerprint density at radius 3 is 2.69 bits per heavy atom. The van der Waals surface area contributed by atoms with Crippen LogP contribution in [0.25, 0.3) is 0 Å². The van der Waals surface area contributed by atoms with E-state index >= 15 is 0 Å². The standard InChI is InChI=1S/C19H22BrN3O3/c1-4-9-26-16-8-7-15(20)10-14(16)12-23(6-3)17-11-13(5-2)18(19(24)25)22-21-17/h4,7-8,10-11H,1,5-6,9,12H2,2-3H3,(H,24,25). The van der Waals surface area contributed by atoms with Crippen LogP contribution < -0.4 is 9.64 Å². The maximum atomic E-state index is 11.3. The van der Waals surface area contributed by atoms with Gasteiger partial charge >= 0.3 is 5.97 Å². The Labute approximate surface area is 161 Å². The molecule has 0 aliphatic rings. The third kappa shape index (κ3) is 4.82. The average molecular weight is 420 g/mol. The van der Waals surface area contributed by atoms with E-state index < -0.39 is 5.97 Å². The van der Waals surface area contributed by atoms with Crippen molar-refractivity contribution >= 4 is 27.7 Å². The van der Waals surface area contributed by atoms with Crippen LogP contribution in [0.2, 0.25) is 0 Å². The minimum Gasteiger partial charge on any atom is -0.489 e. The van der Waals surface area contributed by atoms with Crippen molar-refractivity contribution in [1.29, 1.82) is 0 Å². The third-order valence-electron chi connectivity index (χ3n) is 3.89. The zero-order chi connectivity index (χ0) is 19.1. The van der Waals surface area contributed by atoms with Crippen molar-refractivity contribution in [2.45, 2.75) is 26.8 Å². The van der Waals surface area contributed by atoms with Crippen LogP contribution in [-0.2, 0) is 13.0 Å². The number of carboxylic acid groups (broad SMARTS) is 1. The molecule has 1 aromatic carbocycles. The van der Waals surface area contributed by atoms with Crippen molar-refractivity contribution in [3.05, 3.63) is 58.2 Å². The summed E-state index contributed by atoms with van der Waals surface area (Å²) in [5.41, 5.74) is 1.66. The van der Waals surface area contributed by atoms with Gasteiger partial charge in [0.15, 0.2) is 11.5 Å². The molecule has 0 saturated heterocycles. The predicted octanol–water partition coefficient (Wildman–Crippen LogP) is 4.09. The highest BCUT2D eigenvalue weighted by molar-refractivity contribution is 9.10. The molecule has 0 aliphatic heterocycles. The molecule has 1 aromatic heterocycles. The molecular formula is C19H22BrN3O3. The number of aromatic carboxylic acids is 1. The molecule has 1 N–H and O–H groups in total. The summed E-state index contributed by atoms with van der Waals surface area (Å²) in [5.74, 6) is 0.359. The Morgan fingerprint density at radius 1 is 1.31 bits per heavy atom. The number of hydrogen-bond acceptors (Lipinski definition) is 5. The summed E-state index contributed by atoms with van der Waals surface area (Å²) in [6.07, 6.45) is 2.28. The Kier molecular flexibility index (Phi) is 7.15. The fourth-order valence-electron chi connectivity index (χ4n) is 2.54. The second-order valence-corrected chi connectivity index (χ2v) is 6.52. The van der Waals surface area contributed by atoms with Crippen molar-refractivity contribution in [2.75, 3.05) is 18.1 Å². The van der Waals surface area contributed by atoms with Gasteiger partial charge in [0.2, 0.25) is 0 Å². The monoisotopic (exact) mass is 419 g/mol. The molecule has 0 aliphatic carbocycles. The molecule has 1 heterocycles. The second kappa shape index (κ2) is 9.33. The minimum absolute atomic E-state index is 0.00441. The van der Waals surface area contributed by atoms with Gasteiger partial charge in [0.05, 0.1) is 0 Å². The zero-order valence-corrected chi connectivity index (χ0v) is 16.5. The molecule has 0 radical (unpaired) electrons. The molecule has 6 nitrogen and oxygen atoms in total. The molecule has 0 fully saturated rings. The van der Waals surface area contributed by atoms with Crippen LogP contribution in [0.4, 0.5) is 5.82 Å². The molecule has 0 unspecified atom stereocenters. The Bertz CT molecular complexity index is 796. The number of aromatic nitrogens is 2. The number of carboxylic acids is 1. The van der Waals surface area contributed by atoms with E-state index in [2.05, 4.69) is 32.7 Å². The highest BCUT2D eigenvalue weighted by Gasteiger charge is 2.17. The molecule has 0 spiro atoms. The first-order valence-corrected chi connectivity index (χ1v) is 9.16. The topological polar surface area (TPSA) is 75.5 Å². The third-order valence-corrected chi connectivity index (χ3v) is 4.38. The highest BCUT2D eigenvalue weighted by atomic mass is 79.9. The lowest BCUT2D eigenvalue weighted by molar-refractivity contribution is 0.0688. The van der Waals surface area contributed by atoms with Gasteiger partial charge in [-0.25, -0.2) is 4.79 Å². The number of nitrogens with zero attached hydrogens (tertiary/aromatic N) is 3. The summed E-state index contributed by atoms with van der Waals surface area (Å²) in [6.45, 7) is 9.27. The van der Waals surface area contributed by atoms with Crippen LogP contribution in [-0.4, -0.2) is 34.4 Å². The number of rotatable bonds is 9. The molecular weight excluding hydrogens is 398 g/mol. The van der Waals surface area contributed by atoms with Crippen molar-refractivity contribution < 1.29 is 14.6 Å². The summed E-state index contributed by atoms with van der Waals surface area (Å²) in [7, 11) is 0. The van der Waals surface area contributed by atoms with Crippen molar-refractivity contribution in [3.8, 4) is 5.75 Å². The molecule has 0 bridgehead atoms. The van der Waals surface area contributed by atoms with E-state index in [1.54, 1.807) is 12.1 Å². The van der Waals surface area contributed by atoms with Crippen LogP contribution in [0.15, 0.2) is 41.4 Å². The van der Waals surface area contributed by atoms with Crippen molar-refractivity contribution in [1.82, 2.24) is 10.2 Å². The Hall–Kier alpha value is -2.41. The Morgan fingerprint density at radius 2 is 2.08 bits per heavy atom. The van der Waals surface area contributed by atoms with Crippen LogP contribution in [0, 0.1) is 0 Å². The minimum atomic E-state index is -1.06. The molecule has 7 heteroatoms. The maximum absolute atomic E-state index is 11.3. The zero-order valence-electron chi connectivity index (χ0n) is 14.9. The molecule has 0 saturated carbocycles. The second-order valence-electron chi connectivity index (χ2n) is 5.60. The summed E-state index contributed by atoms with van der Waals surface area (Å²) < 4.78 is 6.69. The summed E-state index contributed by atoms with van der Waals surface area (Å²) in [5, 5.41) is 17.2. The number of carbonyl (C=O) groups is 1. The van der Waals surface area contributed by atoms with Crippen molar-refractivity contribution in [2.24, 2.45) is 0 Å². The number of anilines is 1. The van der Waals surface area contributed by atoms with Crippen molar-refractivity contribution in [3.63, 3.8) is 0 Å². The van der Waals surface area contributed by atoms with Gasteiger partial charge in [-0.3, -0.25) is 0 Å². The maximum Gasteiger partial charge on any atom is 0.356 e. The first-order chi connectivity index (χ1) is 12.5. The van der Waals surface area contributed by atoms with Gasteiger partial charge in [0.25, 0.3) is 0 Å². The number of benzene rings is 1. The highest BCUT2D eigenvalue weighted by Crippen LogP contribution is 2.26. The van der Waals surface area contributed by atoms with E-state index in [9.17, 15) is 9.90 Å². The fourth-order valence-corrected chi connectivity index (χ4v) is 2.95.